The van der Waals surface area contributed by atoms with Crippen LogP contribution < -0.4 is 4.74 Å². The van der Waals surface area contributed by atoms with Gasteiger partial charge in [0, 0.05) is 17.9 Å². The number of methoxy groups -OCH3 is 1. The van der Waals surface area contributed by atoms with E-state index in [2.05, 4.69) is 54.6 Å². The third kappa shape index (κ3) is 4.21. The molecule has 0 saturated carbocycles. The van der Waals surface area contributed by atoms with Crippen molar-refractivity contribution in [3.05, 3.63) is 54.6 Å². The first-order valence-corrected chi connectivity index (χ1v) is 10.7. The van der Waals surface area contributed by atoms with Crippen LogP contribution in [0.25, 0.3) is 32.3 Å². The summed E-state index contributed by atoms with van der Waals surface area (Å²) in [6.07, 6.45) is 0. The van der Waals surface area contributed by atoms with Gasteiger partial charge in [-0.2, -0.15) is 0 Å². The maximum atomic E-state index is 7.77. The van der Waals surface area contributed by atoms with E-state index >= 15 is 0 Å². The molecule has 0 saturated heterocycles. The Labute approximate surface area is 152 Å². The van der Waals surface area contributed by atoms with Gasteiger partial charge in [0.05, 0.1) is 6.61 Å². The third-order valence-corrected chi connectivity index (χ3v) is 4.03. The van der Waals surface area contributed by atoms with Crippen molar-refractivity contribution >= 4 is 40.3 Å². The van der Waals surface area contributed by atoms with E-state index in [4.69, 9.17) is 24.2 Å². The van der Waals surface area contributed by atoms with E-state index in [0.717, 1.165) is 12.4 Å². The molecule has 0 heterocycles. The van der Waals surface area contributed by atoms with Crippen molar-refractivity contribution in [1.29, 1.82) is 0 Å². The van der Waals surface area contributed by atoms with E-state index in [1.54, 1.807) is 7.11 Å². The molecule has 6 heteroatoms. The first-order chi connectivity index (χ1) is 12.4. The van der Waals surface area contributed by atoms with Gasteiger partial charge in [0.15, 0.2) is 0 Å². The summed E-state index contributed by atoms with van der Waals surface area (Å²) in [5.41, 5.74) is 0. The van der Waals surface area contributed by atoms with Crippen LogP contribution >= 0.6 is 7.94 Å². The summed E-state index contributed by atoms with van der Waals surface area (Å²) in [5.74, 6) is 0.929. The normalized spacial score (nSPS) is 12.3. The van der Waals surface area contributed by atoms with Gasteiger partial charge in [-0.05, 0) is 33.7 Å². The van der Waals surface area contributed by atoms with Gasteiger partial charge < -0.3 is 9.47 Å². The molecular weight excluding hydrogens is 351 g/mol. The first kappa shape index (κ1) is 18.8. The Balaban J connectivity index is 0.000000349. The second kappa shape index (κ2) is 7.70. The van der Waals surface area contributed by atoms with Gasteiger partial charge in [-0.15, -0.1) is 0 Å². The zero-order chi connectivity index (χ0) is 18.7. The minimum atomic E-state index is -3.61. The van der Waals surface area contributed by atoms with E-state index in [1.165, 1.54) is 32.3 Å². The molecule has 0 atom stereocenters. The fourth-order valence-electron chi connectivity index (χ4n) is 3.07. The van der Waals surface area contributed by atoms with Crippen LogP contribution in [0.5, 0.6) is 5.75 Å². The van der Waals surface area contributed by atoms with E-state index in [9.17, 15) is 0 Å². The standard InChI is InChI=1S/C19H16O2.CH7O3P/c1-20-11-12-21-17-10-8-15-6-5-13-3-2-4-14-7-9-16(17)19(15)18(13)14;1-5(2,3)4/h2-10H,11-12H2,1H3;2-5H,1H3. The van der Waals surface area contributed by atoms with Crippen LogP contribution in [0.4, 0.5) is 0 Å². The predicted octanol–water partition coefficient (Wildman–Crippen LogP) is 3.70. The van der Waals surface area contributed by atoms with Crippen molar-refractivity contribution in [2.75, 3.05) is 27.0 Å². The van der Waals surface area contributed by atoms with Gasteiger partial charge in [0.1, 0.15) is 12.4 Å². The van der Waals surface area contributed by atoms with Crippen molar-refractivity contribution in [2.24, 2.45) is 0 Å². The van der Waals surface area contributed by atoms with Crippen molar-refractivity contribution < 1.29 is 24.2 Å². The second-order valence-corrected chi connectivity index (χ2v) is 8.17. The Morgan fingerprint density at radius 3 is 1.92 bits per heavy atom. The molecule has 0 aliphatic rings. The van der Waals surface area contributed by atoms with Crippen molar-refractivity contribution in [3.8, 4) is 5.75 Å². The zero-order valence-electron chi connectivity index (χ0n) is 14.8. The molecule has 4 aromatic carbocycles. The van der Waals surface area contributed by atoms with Crippen LogP contribution in [0.3, 0.4) is 0 Å². The molecule has 0 fully saturated rings. The molecule has 4 aromatic rings. The fraction of sp³-hybridized carbons (Fsp3) is 0.200. The fourth-order valence-corrected chi connectivity index (χ4v) is 3.07. The molecule has 0 aliphatic heterocycles. The van der Waals surface area contributed by atoms with E-state index in [-0.39, 0.29) is 0 Å². The van der Waals surface area contributed by atoms with Gasteiger partial charge in [-0.1, -0.05) is 42.5 Å². The van der Waals surface area contributed by atoms with Crippen molar-refractivity contribution in [3.63, 3.8) is 0 Å². The van der Waals surface area contributed by atoms with Gasteiger partial charge in [0.25, 0.3) is 0 Å². The number of rotatable bonds is 4. The molecule has 5 nitrogen and oxygen atoms in total. The van der Waals surface area contributed by atoms with E-state index in [1.807, 2.05) is 0 Å². The SMILES string of the molecule is COCCOc1ccc2ccc3cccc4ccc1c2c34.C[PH](O)(O)O. The van der Waals surface area contributed by atoms with Crippen molar-refractivity contribution in [2.45, 2.75) is 0 Å². The molecule has 0 aliphatic carbocycles. The Hall–Kier alpha value is -2.01. The van der Waals surface area contributed by atoms with Crippen LogP contribution in [-0.2, 0) is 4.74 Å². The molecule has 4 rings (SSSR count). The summed E-state index contributed by atoms with van der Waals surface area (Å²) in [6, 6.07) is 19.3. The van der Waals surface area contributed by atoms with Gasteiger partial charge >= 0.3 is 29.3 Å². The molecule has 26 heavy (non-hydrogen) atoms. The average Bonchev–Trinajstić information content (AvgIpc) is 2.59. The molecule has 0 bridgehead atoms. The number of hydrogen-bond donors (Lipinski definition) is 3. The summed E-state index contributed by atoms with van der Waals surface area (Å²) >= 11 is 0. The quantitative estimate of drug-likeness (QED) is 0.288. The monoisotopic (exact) mass is 374 g/mol. The molecule has 0 spiro atoms. The number of hydrogen-bond acceptors (Lipinski definition) is 5. The Kier molecular flexibility index (Phi) is 5.56. The number of benzene rings is 4. The summed E-state index contributed by atoms with van der Waals surface area (Å²) in [6.45, 7) is 2.16. The number of ether oxygens (including phenoxy) is 2. The van der Waals surface area contributed by atoms with Crippen LogP contribution in [-0.4, -0.2) is 41.7 Å². The average molecular weight is 374 g/mol. The van der Waals surface area contributed by atoms with E-state index in [0.29, 0.717) is 13.2 Å². The van der Waals surface area contributed by atoms with Crippen molar-refractivity contribution in [1.82, 2.24) is 0 Å². The van der Waals surface area contributed by atoms with Crippen LogP contribution in [0.1, 0.15) is 0 Å². The first-order valence-electron chi connectivity index (χ1n) is 8.34. The predicted molar refractivity (Wildman–Crippen MR) is 108 cm³/mol. The molecule has 0 amide bonds. The Morgan fingerprint density at radius 1 is 0.769 bits per heavy atom. The summed E-state index contributed by atoms with van der Waals surface area (Å²) in [5, 5.41) is 7.60. The Morgan fingerprint density at radius 2 is 1.31 bits per heavy atom. The molecule has 0 aromatic heterocycles. The van der Waals surface area contributed by atoms with Crippen LogP contribution in [0, 0.1) is 0 Å². The molecule has 3 N–H and O–H groups in total. The molecule has 0 radical (unpaired) electrons. The van der Waals surface area contributed by atoms with Crippen LogP contribution in [0.15, 0.2) is 54.6 Å². The Bertz CT molecular complexity index is 988. The zero-order valence-corrected chi connectivity index (χ0v) is 15.8. The third-order valence-electron chi connectivity index (χ3n) is 4.03. The minimum absolute atomic E-state index is 0.570. The van der Waals surface area contributed by atoms with Crippen LogP contribution in [0.2, 0.25) is 0 Å². The maximum absolute atomic E-state index is 7.77. The van der Waals surface area contributed by atoms with Gasteiger partial charge in [-0.3, -0.25) is 0 Å². The van der Waals surface area contributed by atoms with Gasteiger partial charge in [0.2, 0.25) is 0 Å². The summed E-state index contributed by atoms with van der Waals surface area (Å²) in [7, 11) is -1.92. The summed E-state index contributed by atoms with van der Waals surface area (Å²) < 4.78 is 10.9. The second-order valence-electron chi connectivity index (χ2n) is 6.23. The molecule has 0 unspecified atom stereocenters. The topological polar surface area (TPSA) is 79.2 Å². The molecule has 138 valence electrons. The van der Waals surface area contributed by atoms with E-state index < -0.39 is 7.94 Å². The van der Waals surface area contributed by atoms with Gasteiger partial charge in [-0.25, -0.2) is 0 Å². The molecular formula is C20H23O5P. The summed E-state index contributed by atoms with van der Waals surface area (Å²) in [4.78, 5) is 23.3.